The van der Waals surface area contributed by atoms with Crippen LogP contribution in [0.1, 0.15) is 53.8 Å². The summed E-state index contributed by atoms with van der Waals surface area (Å²) in [6.07, 6.45) is -0.340. The molecule has 1 aliphatic heterocycles. The quantitative estimate of drug-likeness (QED) is 0.263. The van der Waals surface area contributed by atoms with E-state index < -0.39 is 17.6 Å². The number of nitrogen functional groups attached to an aromatic ring is 1. The summed E-state index contributed by atoms with van der Waals surface area (Å²) in [6.45, 7) is 2.92. The molecule has 0 bridgehead atoms. The van der Waals surface area contributed by atoms with Crippen molar-refractivity contribution in [3.05, 3.63) is 63.8 Å². The first kappa shape index (κ1) is 30.4. The molecule has 1 aromatic carbocycles. The summed E-state index contributed by atoms with van der Waals surface area (Å²) >= 11 is 13.2. The molecule has 5 rings (SSSR count). The average molecular weight is 636 g/mol. The van der Waals surface area contributed by atoms with Crippen LogP contribution in [-0.4, -0.2) is 56.3 Å². The van der Waals surface area contributed by atoms with Gasteiger partial charge in [0.2, 0.25) is 5.91 Å². The number of carbonyl (C=O) groups is 2. The molecule has 3 aromatic heterocycles. The minimum Gasteiger partial charge on any atom is -0.496 e. The lowest BCUT2D eigenvalue weighted by Crippen LogP contribution is -2.39. The summed E-state index contributed by atoms with van der Waals surface area (Å²) in [7, 11) is 1.38. The van der Waals surface area contributed by atoms with E-state index in [2.05, 4.69) is 15.3 Å². The van der Waals surface area contributed by atoms with Crippen LogP contribution in [0.4, 0.5) is 24.8 Å². The van der Waals surface area contributed by atoms with Crippen LogP contribution < -0.4 is 15.8 Å². The molecule has 43 heavy (non-hydrogen) atoms. The number of carbonyl (C=O) groups excluding carboxylic acids is 2. The van der Waals surface area contributed by atoms with Gasteiger partial charge in [-0.2, -0.15) is 13.2 Å². The number of amides is 2. The number of halogens is 5. The van der Waals surface area contributed by atoms with Crippen LogP contribution in [0.3, 0.4) is 0 Å². The maximum Gasteiger partial charge on any atom is 0.416 e. The molecule has 1 fully saturated rings. The minimum absolute atomic E-state index is 0.0334. The summed E-state index contributed by atoms with van der Waals surface area (Å²) < 4.78 is 46.7. The highest BCUT2D eigenvalue weighted by molar-refractivity contribution is 6.35. The highest BCUT2D eigenvalue weighted by Gasteiger charge is 2.32. The maximum atomic E-state index is 13.1. The second-order valence-corrected chi connectivity index (χ2v) is 10.7. The number of ether oxygens (including phenoxy) is 1. The third-order valence-corrected chi connectivity index (χ3v) is 7.81. The Morgan fingerprint density at radius 1 is 1.21 bits per heavy atom. The van der Waals surface area contributed by atoms with Crippen LogP contribution in [0.5, 0.6) is 5.75 Å². The number of hydrogen-bond acceptors (Lipinski definition) is 7. The minimum atomic E-state index is -4.61. The van der Waals surface area contributed by atoms with E-state index in [4.69, 9.17) is 38.7 Å². The SMILES string of the molecule is CCC(=O)N1CCCC(c2nc(-c3cc(Cl)c(C(=O)Nc4cc(C(F)(F)F)ccn4)cc3OC)c3c(N)ncc(Cl)n23)C1. The van der Waals surface area contributed by atoms with Crippen molar-refractivity contribution in [2.24, 2.45) is 0 Å². The summed E-state index contributed by atoms with van der Waals surface area (Å²) in [6, 6.07) is 4.32. The summed E-state index contributed by atoms with van der Waals surface area (Å²) in [4.78, 5) is 40.3. The van der Waals surface area contributed by atoms with Crippen molar-refractivity contribution in [3.8, 4) is 17.0 Å². The smallest absolute Gasteiger partial charge is 0.416 e. The van der Waals surface area contributed by atoms with Crippen molar-refractivity contribution >= 4 is 52.2 Å². The highest BCUT2D eigenvalue weighted by Crippen LogP contribution is 2.41. The van der Waals surface area contributed by atoms with Gasteiger partial charge in [0.25, 0.3) is 5.91 Å². The van der Waals surface area contributed by atoms with Crippen molar-refractivity contribution < 1.29 is 27.5 Å². The number of benzene rings is 1. The molecular formula is C28H26Cl2F3N7O3. The number of fused-ring (bicyclic) bond motifs is 1. The molecule has 2 amide bonds. The predicted molar refractivity (Wildman–Crippen MR) is 155 cm³/mol. The third-order valence-electron chi connectivity index (χ3n) is 7.23. The van der Waals surface area contributed by atoms with Crippen molar-refractivity contribution in [3.63, 3.8) is 0 Å². The molecule has 226 valence electrons. The number of anilines is 2. The Hall–Kier alpha value is -4.10. The van der Waals surface area contributed by atoms with Crippen molar-refractivity contribution in [1.82, 2.24) is 24.3 Å². The first-order chi connectivity index (χ1) is 20.4. The van der Waals surface area contributed by atoms with Gasteiger partial charge < -0.3 is 20.7 Å². The number of aromatic nitrogens is 4. The van der Waals surface area contributed by atoms with Crippen LogP contribution in [0.15, 0.2) is 36.7 Å². The van der Waals surface area contributed by atoms with Crippen LogP contribution in [0.2, 0.25) is 10.2 Å². The van der Waals surface area contributed by atoms with E-state index in [0.29, 0.717) is 42.1 Å². The molecule has 1 saturated heterocycles. The fourth-order valence-electron chi connectivity index (χ4n) is 5.17. The molecule has 3 N–H and O–H groups in total. The van der Waals surface area contributed by atoms with E-state index in [9.17, 15) is 22.8 Å². The van der Waals surface area contributed by atoms with Crippen molar-refractivity contribution in [2.45, 2.75) is 38.3 Å². The maximum absolute atomic E-state index is 13.1. The fourth-order valence-corrected chi connectivity index (χ4v) is 5.64. The van der Waals surface area contributed by atoms with E-state index in [1.165, 1.54) is 25.4 Å². The number of likely N-dealkylation sites (tertiary alicyclic amines) is 1. The number of nitrogens with one attached hydrogen (secondary N) is 1. The van der Waals surface area contributed by atoms with Crippen LogP contribution in [0.25, 0.3) is 16.8 Å². The molecule has 4 heterocycles. The normalized spacial score (nSPS) is 15.5. The number of hydrogen-bond donors (Lipinski definition) is 2. The monoisotopic (exact) mass is 635 g/mol. The number of alkyl halides is 3. The Morgan fingerprint density at radius 2 is 1.98 bits per heavy atom. The summed E-state index contributed by atoms with van der Waals surface area (Å²) in [5.41, 5.74) is 6.38. The van der Waals surface area contributed by atoms with E-state index in [1.807, 2.05) is 6.92 Å². The number of methoxy groups -OCH3 is 1. The number of nitrogens with two attached hydrogens (primary N) is 1. The highest BCUT2D eigenvalue weighted by atomic mass is 35.5. The Bertz CT molecular complexity index is 1730. The Balaban J connectivity index is 1.57. The number of nitrogens with zero attached hydrogens (tertiary/aromatic N) is 5. The first-order valence-corrected chi connectivity index (χ1v) is 14.0. The van der Waals surface area contributed by atoms with Gasteiger partial charge in [-0.15, -0.1) is 0 Å². The van der Waals surface area contributed by atoms with E-state index in [0.717, 1.165) is 31.2 Å². The van der Waals surface area contributed by atoms with Gasteiger partial charge in [-0.25, -0.2) is 15.0 Å². The Morgan fingerprint density at radius 3 is 2.67 bits per heavy atom. The molecule has 1 aliphatic rings. The fraction of sp³-hybridized carbons (Fsp3) is 0.321. The number of piperidine rings is 1. The Labute approximate surface area is 254 Å². The molecular weight excluding hydrogens is 610 g/mol. The molecule has 0 aliphatic carbocycles. The van der Waals surface area contributed by atoms with Gasteiger partial charge in [-0.3, -0.25) is 14.0 Å². The zero-order valence-corrected chi connectivity index (χ0v) is 24.5. The van der Waals surface area contributed by atoms with E-state index in [-0.39, 0.29) is 44.9 Å². The molecule has 0 radical (unpaired) electrons. The van der Waals surface area contributed by atoms with Crippen molar-refractivity contribution in [1.29, 1.82) is 0 Å². The van der Waals surface area contributed by atoms with Crippen LogP contribution in [-0.2, 0) is 11.0 Å². The lowest BCUT2D eigenvalue weighted by molar-refractivity contribution is -0.137. The topological polar surface area (TPSA) is 128 Å². The van der Waals surface area contributed by atoms with Crippen molar-refractivity contribution in [2.75, 3.05) is 31.2 Å². The van der Waals surface area contributed by atoms with Gasteiger partial charge in [0, 0.05) is 37.2 Å². The van der Waals surface area contributed by atoms with Gasteiger partial charge in [-0.05, 0) is 37.1 Å². The lowest BCUT2D eigenvalue weighted by Gasteiger charge is -2.32. The first-order valence-electron chi connectivity index (χ1n) is 13.3. The Kier molecular flexibility index (Phi) is 8.39. The molecule has 0 saturated carbocycles. The molecule has 1 unspecified atom stereocenters. The van der Waals surface area contributed by atoms with E-state index in [1.54, 1.807) is 9.30 Å². The predicted octanol–water partition coefficient (Wildman–Crippen LogP) is 6.08. The standard InChI is InChI=1S/C28H26Cl2F3N7O3/c1-3-22(41)39-8-4-5-14(13-39)26-38-23(24-25(34)36-12-20(30)40(24)26)17-10-18(29)16(11-19(17)43-2)27(42)37-21-9-15(6-7-35-21)28(31,32)33/h6-7,9-12,14H,3-5,8,13H2,1-2H3,(H2,34,36)(H,35,37,42). The number of pyridine rings is 1. The molecule has 15 heteroatoms. The van der Waals surface area contributed by atoms with Gasteiger partial charge >= 0.3 is 6.18 Å². The molecule has 1 atom stereocenters. The van der Waals surface area contributed by atoms with Gasteiger partial charge in [0.05, 0.1) is 29.5 Å². The number of imidazole rings is 1. The zero-order valence-electron chi connectivity index (χ0n) is 23.0. The average Bonchev–Trinajstić information content (AvgIpc) is 3.40. The van der Waals surface area contributed by atoms with E-state index >= 15 is 0 Å². The second-order valence-electron chi connectivity index (χ2n) is 9.92. The lowest BCUT2D eigenvalue weighted by atomic mass is 9.97. The summed E-state index contributed by atoms with van der Waals surface area (Å²) in [5, 5.41) is 2.57. The molecule has 10 nitrogen and oxygen atoms in total. The van der Waals surface area contributed by atoms with Crippen LogP contribution >= 0.6 is 23.2 Å². The van der Waals surface area contributed by atoms with Gasteiger partial charge in [-0.1, -0.05) is 30.1 Å². The zero-order chi connectivity index (χ0) is 31.1. The van der Waals surface area contributed by atoms with Gasteiger partial charge in [0.15, 0.2) is 0 Å². The second kappa shape index (κ2) is 11.9. The number of rotatable bonds is 6. The molecule has 0 spiro atoms. The van der Waals surface area contributed by atoms with Crippen LogP contribution in [0, 0.1) is 0 Å². The summed E-state index contributed by atoms with van der Waals surface area (Å²) in [5.74, 6) is -0.329. The van der Waals surface area contributed by atoms with Gasteiger partial charge in [0.1, 0.15) is 39.6 Å². The third kappa shape index (κ3) is 5.91. The molecule has 4 aromatic rings. The largest absolute Gasteiger partial charge is 0.496 e.